The van der Waals surface area contributed by atoms with Gasteiger partial charge >= 0.3 is 16.3 Å². The van der Waals surface area contributed by atoms with Crippen molar-refractivity contribution in [3.8, 4) is 5.75 Å². The van der Waals surface area contributed by atoms with E-state index in [1.165, 1.54) is 12.1 Å². The summed E-state index contributed by atoms with van der Waals surface area (Å²) >= 11 is 5.96. The zero-order valence-corrected chi connectivity index (χ0v) is 20.4. The summed E-state index contributed by atoms with van der Waals surface area (Å²) in [5, 5.41) is 0. The second-order valence-corrected chi connectivity index (χ2v) is 10.6. The normalized spacial score (nSPS) is 12.6. The van der Waals surface area contributed by atoms with Crippen molar-refractivity contribution in [1.82, 2.24) is 4.90 Å². The van der Waals surface area contributed by atoms with Crippen LogP contribution in [-0.4, -0.2) is 31.6 Å². The van der Waals surface area contributed by atoms with Crippen LogP contribution in [0.5, 0.6) is 5.75 Å². The van der Waals surface area contributed by atoms with Crippen molar-refractivity contribution in [2.45, 2.75) is 45.3 Å². The lowest BCUT2D eigenvalue weighted by atomic mass is 9.93. The summed E-state index contributed by atoms with van der Waals surface area (Å²) in [4.78, 5) is 14.0. The first-order valence-electron chi connectivity index (χ1n) is 10.2. The molecule has 0 N–H and O–H groups in total. The standard InChI is InChI=1S/C23H27ClF3NO4S/c1-16(2)13-28(21(29)22(3,4)15-24)14-17-7-5-9-19(11-17)32-33(30,31)20-10-6-8-18(12-20)23(25,26)27/h5-12,16H,13-15H2,1-4H3. The molecule has 0 unspecified atom stereocenters. The Kier molecular flexibility index (Phi) is 8.46. The number of benzene rings is 2. The van der Waals surface area contributed by atoms with Gasteiger partial charge in [0.15, 0.2) is 0 Å². The third-order valence-electron chi connectivity index (χ3n) is 4.71. The highest BCUT2D eigenvalue weighted by Gasteiger charge is 2.33. The maximum Gasteiger partial charge on any atom is 0.416 e. The molecular weight excluding hydrogens is 479 g/mol. The third-order valence-corrected chi connectivity index (χ3v) is 6.62. The van der Waals surface area contributed by atoms with Crippen LogP contribution in [0.15, 0.2) is 53.4 Å². The van der Waals surface area contributed by atoms with Gasteiger partial charge in [-0.3, -0.25) is 4.79 Å². The topological polar surface area (TPSA) is 63.7 Å². The smallest absolute Gasteiger partial charge is 0.379 e. The van der Waals surface area contributed by atoms with E-state index in [-0.39, 0.29) is 30.0 Å². The van der Waals surface area contributed by atoms with Crippen molar-refractivity contribution in [1.29, 1.82) is 0 Å². The van der Waals surface area contributed by atoms with E-state index >= 15 is 0 Å². The molecule has 10 heteroatoms. The summed E-state index contributed by atoms with van der Waals surface area (Å²) in [6, 6.07) is 9.43. The molecule has 0 aliphatic rings. The van der Waals surface area contributed by atoms with Crippen LogP contribution in [-0.2, 0) is 27.6 Å². The van der Waals surface area contributed by atoms with Gasteiger partial charge in [-0.25, -0.2) is 0 Å². The van der Waals surface area contributed by atoms with E-state index in [0.29, 0.717) is 18.2 Å². The van der Waals surface area contributed by atoms with E-state index in [2.05, 4.69) is 0 Å². The van der Waals surface area contributed by atoms with Gasteiger partial charge in [0, 0.05) is 19.0 Å². The van der Waals surface area contributed by atoms with Crippen molar-refractivity contribution in [2.24, 2.45) is 11.3 Å². The number of carbonyl (C=O) groups excluding carboxylic acids is 1. The minimum Gasteiger partial charge on any atom is -0.379 e. The average molecular weight is 506 g/mol. The second-order valence-electron chi connectivity index (χ2n) is 8.81. The summed E-state index contributed by atoms with van der Waals surface area (Å²) in [5.41, 5.74) is -1.27. The number of amides is 1. The number of halogens is 4. The molecule has 2 aromatic carbocycles. The van der Waals surface area contributed by atoms with Crippen LogP contribution < -0.4 is 4.18 Å². The van der Waals surface area contributed by atoms with E-state index < -0.39 is 32.2 Å². The highest BCUT2D eigenvalue weighted by molar-refractivity contribution is 7.87. The molecule has 0 bridgehead atoms. The summed E-state index contributed by atoms with van der Waals surface area (Å²) < 4.78 is 69.1. The quantitative estimate of drug-likeness (QED) is 0.323. The second kappa shape index (κ2) is 10.3. The number of hydrogen-bond donors (Lipinski definition) is 0. The molecule has 2 aromatic rings. The van der Waals surface area contributed by atoms with Crippen molar-refractivity contribution in [2.75, 3.05) is 12.4 Å². The molecule has 5 nitrogen and oxygen atoms in total. The summed E-state index contributed by atoms with van der Waals surface area (Å²) in [7, 11) is -4.50. The highest BCUT2D eigenvalue weighted by atomic mass is 35.5. The SMILES string of the molecule is CC(C)CN(Cc1cccc(OS(=O)(=O)c2cccc(C(F)(F)F)c2)c1)C(=O)C(C)(C)CCl. The molecule has 1 amide bonds. The Morgan fingerprint density at radius 1 is 1.09 bits per heavy atom. The number of hydrogen-bond acceptors (Lipinski definition) is 4. The molecule has 0 spiro atoms. The fourth-order valence-corrected chi connectivity index (χ4v) is 4.15. The molecule has 0 heterocycles. The number of alkyl halides is 4. The van der Waals surface area contributed by atoms with Crippen LogP contribution in [0.3, 0.4) is 0 Å². The molecule has 0 aliphatic heterocycles. The van der Waals surface area contributed by atoms with Gasteiger partial charge in [0.2, 0.25) is 5.91 Å². The molecule has 0 aromatic heterocycles. The van der Waals surface area contributed by atoms with E-state index in [9.17, 15) is 26.4 Å². The Morgan fingerprint density at radius 2 is 1.73 bits per heavy atom. The largest absolute Gasteiger partial charge is 0.416 e. The summed E-state index contributed by atoms with van der Waals surface area (Å²) in [6.45, 7) is 8.09. The molecule has 0 aliphatic carbocycles. The van der Waals surface area contributed by atoms with Crippen LogP contribution in [0, 0.1) is 11.3 Å². The zero-order valence-electron chi connectivity index (χ0n) is 18.8. The number of rotatable bonds is 9. The summed E-state index contributed by atoms with van der Waals surface area (Å²) in [5.74, 6) is 0.104. The summed E-state index contributed by atoms with van der Waals surface area (Å²) in [6.07, 6.45) is -4.69. The fraction of sp³-hybridized carbons (Fsp3) is 0.435. The Bertz CT molecular complexity index is 1090. The van der Waals surface area contributed by atoms with Crippen LogP contribution in [0.2, 0.25) is 0 Å². The predicted octanol–water partition coefficient (Wildman–Crippen LogP) is 5.72. The Balaban J connectivity index is 2.29. The maximum atomic E-state index is 13.0. The third kappa shape index (κ3) is 7.37. The monoisotopic (exact) mass is 505 g/mol. The molecule has 182 valence electrons. The molecule has 0 saturated heterocycles. The van der Waals surface area contributed by atoms with Gasteiger partial charge in [-0.1, -0.05) is 32.0 Å². The molecule has 33 heavy (non-hydrogen) atoms. The Labute approximate surface area is 197 Å². The lowest BCUT2D eigenvalue weighted by molar-refractivity contribution is -0.140. The van der Waals surface area contributed by atoms with E-state index in [4.69, 9.17) is 15.8 Å². The van der Waals surface area contributed by atoms with Crippen molar-refractivity contribution in [3.05, 3.63) is 59.7 Å². The van der Waals surface area contributed by atoms with Gasteiger partial charge in [0.1, 0.15) is 10.6 Å². The van der Waals surface area contributed by atoms with Gasteiger partial charge in [-0.15, -0.1) is 11.6 Å². The Hall–Kier alpha value is -2.26. The lowest BCUT2D eigenvalue weighted by Crippen LogP contribution is -2.43. The van der Waals surface area contributed by atoms with Gasteiger partial charge in [-0.05, 0) is 55.7 Å². The Morgan fingerprint density at radius 3 is 2.30 bits per heavy atom. The van der Waals surface area contributed by atoms with Crippen LogP contribution in [0.1, 0.15) is 38.8 Å². The first-order valence-corrected chi connectivity index (χ1v) is 12.2. The molecular formula is C23H27ClF3NO4S. The molecule has 0 saturated carbocycles. The van der Waals surface area contributed by atoms with E-state index in [1.807, 2.05) is 13.8 Å². The molecule has 2 rings (SSSR count). The zero-order chi connectivity index (χ0) is 25.0. The molecule has 0 atom stereocenters. The van der Waals surface area contributed by atoms with E-state index in [1.54, 1.807) is 30.9 Å². The van der Waals surface area contributed by atoms with Gasteiger partial charge in [0.25, 0.3) is 0 Å². The molecule has 0 fully saturated rings. The van der Waals surface area contributed by atoms with Crippen molar-refractivity contribution >= 4 is 27.6 Å². The van der Waals surface area contributed by atoms with Gasteiger partial charge < -0.3 is 9.08 Å². The first kappa shape index (κ1) is 27.0. The minimum atomic E-state index is -4.69. The van der Waals surface area contributed by atoms with Crippen LogP contribution in [0.25, 0.3) is 0 Å². The van der Waals surface area contributed by atoms with Crippen LogP contribution >= 0.6 is 11.6 Å². The number of carbonyl (C=O) groups is 1. The lowest BCUT2D eigenvalue weighted by Gasteiger charge is -2.32. The van der Waals surface area contributed by atoms with Crippen molar-refractivity contribution in [3.63, 3.8) is 0 Å². The maximum absolute atomic E-state index is 13.0. The van der Waals surface area contributed by atoms with Gasteiger partial charge in [0.05, 0.1) is 11.0 Å². The fourth-order valence-electron chi connectivity index (χ4n) is 3.06. The van der Waals surface area contributed by atoms with Crippen LogP contribution in [0.4, 0.5) is 13.2 Å². The number of nitrogens with zero attached hydrogens (tertiary/aromatic N) is 1. The minimum absolute atomic E-state index is 0.0709. The van der Waals surface area contributed by atoms with E-state index in [0.717, 1.165) is 18.2 Å². The highest BCUT2D eigenvalue weighted by Crippen LogP contribution is 2.31. The first-order chi connectivity index (χ1) is 15.2. The molecule has 0 radical (unpaired) electrons. The predicted molar refractivity (Wildman–Crippen MR) is 120 cm³/mol. The van der Waals surface area contributed by atoms with Crippen molar-refractivity contribution < 1.29 is 30.6 Å². The van der Waals surface area contributed by atoms with Gasteiger partial charge in [-0.2, -0.15) is 21.6 Å². The average Bonchev–Trinajstić information content (AvgIpc) is 2.72.